The molecule has 0 fully saturated rings. The summed E-state index contributed by atoms with van der Waals surface area (Å²) in [6.45, 7) is 7.89. The predicted octanol–water partition coefficient (Wildman–Crippen LogP) is 5.44. The molecule has 224 valence electrons. The molecule has 0 bridgehead atoms. The number of pyridine rings is 2. The molecule has 2 amide bonds. The summed E-state index contributed by atoms with van der Waals surface area (Å²) in [6, 6.07) is 13.8. The van der Waals surface area contributed by atoms with Gasteiger partial charge in [-0.3, -0.25) is 19.6 Å². The number of nitrogens with one attached hydrogen (secondary N) is 1. The molecule has 1 aromatic carbocycles. The average molecular weight is 625 g/mol. The third-order valence-corrected chi connectivity index (χ3v) is 6.90. The number of amides is 2. The molecule has 2 aromatic heterocycles. The molecule has 0 radical (unpaired) electrons. The number of carbonyl (C=O) groups is 2. The molecule has 1 aliphatic rings. The zero-order valence-electron chi connectivity index (χ0n) is 24.0. The maximum Gasteiger partial charge on any atom is 0.242 e. The van der Waals surface area contributed by atoms with Crippen molar-refractivity contribution in [3.05, 3.63) is 77.9 Å². The lowest BCUT2D eigenvalue weighted by Crippen LogP contribution is -2.47. The number of anilines is 2. The van der Waals surface area contributed by atoms with Gasteiger partial charge in [-0.2, -0.15) is 0 Å². The molecule has 1 aliphatic heterocycles. The number of aromatic nitrogens is 2. The number of aryl methyl sites for hydroxylation is 2. The number of halogens is 3. The number of fused-ring (bicyclic) bond motifs is 1. The number of ether oxygens (including phenoxy) is 1. The van der Waals surface area contributed by atoms with E-state index in [0.29, 0.717) is 24.6 Å². The Hall–Kier alpha value is -2.91. The number of hydrogen-bond acceptors (Lipinski definition) is 6. The van der Waals surface area contributed by atoms with Crippen LogP contribution in [-0.4, -0.2) is 48.5 Å². The monoisotopic (exact) mass is 623 g/mol. The summed E-state index contributed by atoms with van der Waals surface area (Å²) in [6.07, 6.45) is 8.20. The van der Waals surface area contributed by atoms with Gasteiger partial charge in [0.05, 0.1) is 18.0 Å². The standard InChI is InChI=1S/C30H37N5O3.3ClH/c1-5-35-26-12-11-25(19-27(26)34(4)28(36)30(2,3)29(35)37)38-17-7-15-32-21-23-13-16-33-24(18-23)10-9-22-8-6-14-31-20-22;;;/h6,8,11-14,16,18-20,32H,5,7,9-10,15,17,21H2,1-4H3;3*1H. The van der Waals surface area contributed by atoms with Crippen LogP contribution in [0.25, 0.3) is 0 Å². The van der Waals surface area contributed by atoms with Crippen molar-refractivity contribution in [3.8, 4) is 5.75 Å². The highest BCUT2D eigenvalue weighted by Crippen LogP contribution is 2.40. The summed E-state index contributed by atoms with van der Waals surface area (Å²) >= 11 is 0. The predicted molar refractivity (Wildman–Crippen MR) is 171 cm³/mol. The Morgan fingerprint density at radius 1 is 0.927 bits per heavy atom. The Kier molecular flexibility index (Phi) is 14.5. The summed E-state index contributed by atoms with van der Waals surface area (Å²) in [4.78, 5) is 37.9. The normalized spacial score (nSPS) is 13.8. The quantitative estimate of drug-likeness (QED) is 0.226. The molecule has 41 heavy (non-hydrogen) atoms. The van der Waals surface area contributed by atoms with Crippen molar-refractivity contribution in [1.29, 1.82) is 0 Å². The van der Waals surface area contributed by atoms with Crippen molar-refractivity contribution in [2.24, 2.45) is 5.41 Å². The summed E-state index contributed by atoms with van der Waals surface area (Å²) in [7, 11) is 1.71. The van der Waals surface area contributed by atoms with Crippen LogP contribution in [0.2, 0.25) is 0 Å². The first-order valence-electron chi connectivity index (χ1n) is 13.2. The second-order valence-corrected chi connectivity index (χ2v) is 10.1. The molecule has 0 atom stereocenters. The minimum Gasteiger partial charge on any atom is -0.493 e. The zero-order chi connectivity index (χ0) is 27.1. The fourth-order valence-electron chi connectivity index (χ4n) is 4.68. The van der Waals surface area contributed by atoms with Crippen LogP contribution < -0.4 is 19.9 Å². The first-order valence-corrected chi connectivity index (χ1v) is 13.2. The summed E-state index contributed by atoms with van der Waals surface area (Å²) < 4.78 is 5.99. The molecule has 0 saturated heterocycles. The highest BCUT2D eigenvalue weighted by Gasteiger charge is 2.45. The highest BCUT2D eigenvalue weighted by atomic mass is 35.5. The zero-order valence-corrected chi connectivity index (χ0v) is 26.4. The van der Waals surface area contributed by atoms with Gasteiger partial charge in [-0.1, -0.05) is 6.07 Å². The van der Waals surface area contributed by atoms with Crippen LogP contribution >= 0.6 is 37.2 Å². The summed E-state index contributed by atoms with van der Waals surface area (Å²) in [5.74, 6) is 0.265. The number of nitrogens with zero attached hydrogens (tertiary/aromatic N) is 4. The van der Waals surface area contributed by atoms with Gasteiger partial charge in [-0.15, -0.1) is 37.2 Å². The Balaban J connectivity index is 0.00000280. The molecule has 0 saturated carbocycles. The number of benzene rings is 1. The third-order valence-electron chi connectivity index (χ3n) is 6.90. The van der Waals surface area contributed by atoms with Gasteiger partial charge in [-0.05, 0) is 88.0 Å². The van der Waals surface area contributed by atoms with Crippen molar-refractivity contribution in [3.63, 3.8) is 0 Å². The van der Waals surface area contributed by atoms with Crippen LogP contribution in [0, 0.1) is 5.41 Å². The van der Waals surface area contributed by atoms with Crippen LogP contribution in [-0.2, 0) is 29.0 Å². The molecule has 0 unspecified atom stereocenters. The second kappa shape index (κ2) is 16.5. The topological polar surface area (TPSA) is 87.7 Å². The van der Waals surface area contributed by atoms with E-state index in [1.165, 1.54) is 11.1 Å². The van der Waals surface area contributed by atoms with E-state index in [9.17, 15) is 9.59 Å². The maximum absolute atomic E-state index is 13.0. The number of rotatable bonds is 11. The molecule has 0 aliphatic carbocycles. The number of hydrogen-bond donors (Lipinski definition) is 1. The third kappa shape index (κ3) is 8.79. The Labute approximate surface area is 261 Å². The van der Waals surface area contributed by atoms with Gasteiger partial charge < -0.3 is 19.9 Å². The van der Waals surface area contributed by atoms with Crippen molar-refractivity contribution in [2.45, 2.75) is 46.6 Å². The Bertz CT molecular complexity index is 1280. The minimum absolute atomic E-state index is 0. The Morgan fingerprint density at radius 2 is 1.71 bits per heavy atom. The van der Waals surface area contributed by atoms with Gasteiger partial charge in [0, 0.05) is 50.5 Å². The van der Waals surface area contributed by atoms with Crippen LogP contribution in [0.3, 0.4) is 0 Å². The minimum atomic E-state index is -1.12. The van der Waals surface area contributed by atoms with Gasteiger partial charge in [0.25, 0.3) is 0 Å². The fourth-order valence-corrected chi connectivity index (χ4v) is 4.68. The molecule has 8 nitrogen and oxygen atoms in total. The van der Waals surface area contributed by atoms with E-state index < -0.39 is 5.41 Å². The van der Waals surface area contributed by atoms with Gasteiger partial charge in [0.15, 0.2) is 0 Å². The molecule has 3 aromatic rings. The first kappa shape index (κ1) is 36.1. The average Bonchev–Trinajstić information content (AvgIpc) is 2.98. The van der Waals surface area contributed by atoms with Gasteiger partial charge in [0.1, 0.15) is 11.2 Å². The van der Waals surface area contributed by atoms with E-state index in [4.69, 9.17) is 4.74 Å². The molecule has 4 rings (SSSR count). The lowest BCUT2D eigenvalue weighted by atomic mass is 9.90. The molecular formula is C30H40Cl3N5O3. The fraction of sp³-hybridized carbons (Fsp3) is 0.400. The van der Waals surface area contributed by atoms with Crippen molar-refractivity contribution in [2.75, 3.05) is 36.5 Å². The van der Waals surface area contributed by atoms with Crippen LogP contribution in [0.4, 0.5) is 11.4 Å². The van der Waals surface area contributed by atoms with Crippen molar-refractivity contribution in [1.82, 2.24) is 15.3 Å². The molecular weight excluding hydrogens is 585 g/mol. The first-order chi connectivity index (χ1) is 18.3. The van der Waals surface area contributed by atoms with Gasteiger partial charge >= 0.3 is 0 Å². The maximum atomic E-state index is 13.0. The summed E-state index contributed by atoms with van der Waals surface area (Å²) in [5.41, 5.74) is 3.79. The molecule has 11 heteroatoms. The van der Waals surface area contributed by atoms with Crippen LogP contribution in [0.1, 0.15) is 44.0 Å². The SMILES string of the molecule is CCN1C(=O)C(C)(C)C(=O)N(C)c2cc(OCCCNCc3ccnc(CCc4cccnc4)c3)ccc21.Cl.Cl.Cl. The largest absolute Gasteiger partial charge is 0.493 e. The van der Waals surface area contributed by atoms with E-state index in [2.05, 4.69) is 27.4 Å². The van der Waals surface area contributed by atoms with Crippen LogP contribution in [0.15, 0.2) is 61.1 Å². The van der Waals surface area contributed by atoms with E-state index >= 15 is 0 Å². The molecule has 1 N–H and O–H groups in total. The lowest BCUT2D eigenvalue weighted by Gasteiger charge is -2.27. The van der Waals surface area contributed by atoms with Crippen molar-refractivity contribution >= 4 is 60.4 Å². The van der Waals surface area contributed by atoms with Gasteiger partial charge in [-0.25, -0.2) is 0 Å². The Morgan fingerprint density at radius 3 is 2.41 bits per heavy atom. The van der Waals surface area contributed by atoms with E-state index in [1.54, 1.807) is 36.9 Å². The lowest BCUT2D eigenvalue weighted by molar-refractivity contribution is -0.137. The highest BCUT2D eigenvalue weighted by molar-refractivity contribution is 6.20. The second-order valence-electron chi connectivity index (χ2n) is 10.1. The number of carbonyl (C=O) groups excluding carboxylic acids is 2. The van der Waals surface area contributed by atoms with Crippen molar-refractivity contribution < 1.29 is 14.3 Å². The van der Waals surface area contributed by atoms with Gasteiger partial charge in [0.2, 0.25) is 11.8 Å². The van der Waals surface area contributed by atoms with E-state index in [-0.39, 0.29) is 49.0 Å². The van der Waals surface area contributed by atoms with Crippen LogP contribution in [0.5, 0.6) is 5.75 Å². The molecule has 3 heterocycles. The smallest absolute Gasteiger partial charge is 0.242 e. The molecule has 0 spiro atoms. The van der Waals surface area contributed by atoms with E-state index in [1.807, 2.05) is 49.6 Å². The van der Waals surface area contributed by atoms with E-state index in [0.717, 1.165) is 43.7 Å². The summed E-state index contributed by atoms with van der Waals surface area (Å²) in [5, 5.41) is 3.47.